The Bertz CT molecular complexity index is 275. The van der Waals surface area contributed by atoms with Crippen LogP contribution in [0, 0.1) is 11.6 Å². The van der Waals surface area contributed by atoms with Crippen molar-refractivity contribution in [2.75, 3.05) is 0 Å². The zero-order valence-electron chi connectivity index (χ0n) is 5.44. The van der Waals surface area contributed by atoms with Crippen LogP contribution >= 0.6 is 15.9 Å². The van der Waals surface area contributed by atoms with Crippen molar-refractivity contribution in [3.05, 3.63) is 33.8 Å². The zero-order chi connectivity index (χ0) is 8.43. The molecule has 4 heteroatoms. The largest absolute Gasteiger partial charge is 0.392 e. The smallest absolute Gasteiger partial charge is 0.173 e. The molecule has 0 atom stereocenters. The van der Waals surface area contributed by atoms with Gasteiger partial charge in [0.25, 0.3) is 0 Å². The Morgan fingerprint density at radius 1 is 1.27 bits per heavy atom. The molecule has 1 N–H and O–H groups in total. The molecule has 0 aliphatic rings. The Labute approximate surface area is 70.8 Å². The summed E-state index contributed by atoms with van der Waals surface area (Å²) in [5.74, 6) is -1.96. The molecule has 0 bridgehead atoms. The minimum absolute atomic E-state index is 0.0364. The zero-order valence-corrected chi connectivity index (χ0v) is 7.03. The average molecular weight is 223 g/mol. The number of rotatable bonds is 1. The van der Waals surface area contributed by atoms with Crippen molar-refractivity contribution >= 4 is 15.9 Å². The normalized spacial score (nSPS) is 10.2. The van der Waals surface area contributed by atoms with Gasteiger partial charge in [-0.05, 0) is 22.0 Å². The van der Waals surface area contributed by atoms with E-state index in [2.05, 4.69) is 15.9 Å². The van der Waals surface area contributed by atoms with Crippen molar-refractivity contribution in [1.29, 1.82) is 0 Å². The van der Waals surface area contributed by atoms with Crippen LogP contribution in [0.3, 0.4) is 0 Å². The first-order chi connectivity index (χ1) is 5.16. The van der Waals surface area contributed by atoms with Gasteiger partial charge in [-0.25, -0.2) is 8.78 Å². The van der Waals surface area contributed by atoms with Crippen LogP contribution < -0.4 is 0 Å². The predicted molar refractivity (Wildman–Crippen MR) is 40.0 cm³/mol. The van der Waals surface area contributed by atoms with Crippen LogP contribution in [0.25, 0.3) is 0 Å². The van der Waals surface area contributed by atoms with E-state index in [4.69, 9.17) is 5.11 Å². The number of halogens is 3. The molecule has 1 aromatic rings. The van der Waals surface area contributed by atoms with E-state index in [1.807, 2.05) is 0 Å². The van der Waals surface area contributed by atoms with Crippen LogP contribution in [0.5, 0.6) is 0 Å². The van der Waals surface area contributed by atoms with E-state index >= 15 is 0 Å². The molecule has 0 saturated heterocycles. The molecule has 0 aromatic heterocycles. The van der Waals surface area contributed by atoms with Gasteiger partial charge < -0.3 is 5.11 Å². The lowest BCUT2D eigenvalue weighted by Crippen LogP contribution is -1.94. The van der Waals surface area contributed by atoms with Crippen LogP contribution in [-0.4, -0.2) is 5.11 Å². The summed E-state index contributed by atoms with van der Waals surface area (Å²) >= 11 is 2.81. The Morgan fingerprint density at radius 2 is 1.91 bits per heavy atom. The van der Waals surface area contributed by atoms with Gasteiger partial charge in [-0.2, -0.15) is 0 Å². The third kappa shape index (κ3) is 1.57. The monoisotopic (exact) mass is 222 g/mol. The molecular weight excluding hydrogens is 218 g/mol. The van der Waals surface area contributed by atoms with E-state index in [1.165, 1.54) is 12.1 Å². The molecule has 0 heterocycles. The van der Waals surface area contributed by atoms with Gasteiger partial charge in [0.15, 0.2) is 11.6 Å². The molecule has 1 aromatic carbocycles. The maximum Gasteiger partial charge on any atom is 0.173 e. The summed E-state index contributed by atoms with van der Waals surface area (Å²) in [5, 5.41) is 8.51. The molecule has 0 radical (unpaired) electrons. The summed E-state index contributed by atoms with van der Waals surface area (Å²) in [4.78, 5) is 0. The van der Waals surface area contributed by atoms with Gasteiger partial charge in [-0.1, -0.05) is 6.07 Å². The van der Waals surface area contributed by atoms with E-state index in [9.17, 15) is 8.78 Å². The summed E-state index contributed by atoms with van der Waals surface area (Å²) in [5.41, 5.74) is -0.0364. The molecule has 60 valence electrons. The first-order valence-electron chi connectivity index (χ1n) is 2.90. The second-order valence-corrected chi connectivity index (χ2v) is 2.85. The molecule has 11 heavy (non-hydrogen) atoms. The van der Waals surface area contributed by atoms with Gasteiger partial charge in [-0.3, -0.25) is 0 Å². The van der Waals surface area contributed by atoms with Crippen LogP contribution in [0.1, 0.15) is 5.56 Å². The van der Waals surface area contributed by atoms with E-state index < -0.39 is 18.2 Å². The van der Waals surface area contributed by atoms with E-state index in [0.717, 1.165) is 0 Å². The maximum absolute atomic E-state index is 12.7. The molecule has 1 rings (SSSR count). The fraction of sp³-hybridized carbons (Fsp3) is 0.143. The average Bonchev–Trinajstić information content (AvgIpc) is 2.01. The molecule has 0 saturated carbocycles. The maximum atomic E-state index is 12.7. The lowest BCUT2D eigenvalue weighted by molar-refractivity contribution is 0.273. The predicted octanol–water partition coefficient (Wildman–Crippen LogP) is 2.22. The summed E-state index contributed by atoms with van der Waals surface area (Å²) in [6.07, 6.45) is 0. The van der Waals surface area contributed by atoms with E-state index in [-0.39, 0.29) is 10.0 Å². The van der Waals surface area contributed by atoms with Crippen molar-refractivity contribution in [2.24, 2.45) is 0 Å². The quantitative estimate of drug-likeness (QED) is 0.723. The van der Waals surface area contributed by atoms with E-state index in [0.29, 0.717) is 0 Å². The summed E-state index contributed by atoms with van der Waals surface area (Å²) in [6, 6.07) is 2.67. The highest BCUT2D eigenvalue weighted by molar-refractivity contribution is 9.10. The summed E-state index contributed by atoms with van der Waals surface area (Å²) in [6.45, 7) is -0.490. The van der Waals surface area contributed by atoms with Crippen molar-refractivity contribution in [3.63, 3.8) is 0 Å². The topological polar surface area (TPSA) is 20.2 Å². The number of aliphatic hydroxyl groups is 1. The van der Waals surface area contributed by atoms with Crippen LogP contribution in [0.2, 0.25) is 0 Å². The highest BCUT2D eigenvalue weighted by Gasteiger charge is 2.09. The molecule has 1 nitrogen and oxygen atoms in total. The highest BCUT2D eigenvalue weighted by Crippen LogP contribution is 2.20. The first kappa shape index (κ1) is 8.62. The van der Waals surface area contributed by atoms with Gasteiger partial charge in [0.2, 0.25) is 0 Å². The van der Waals surface area contributed by atoms with Crippen molar-refractivity contribution < 1.29 is 13.9 Å². The Balaban J connectivity index is 3.25. The third-order valence-electron chi connectivity index (χ3n) is 1.29. The van der Waals surface area contributed by atoms with Crippen molar-refractivity contribution in [3.8, 4) is 0 Å². The Kier molecular flexibility index (Phi) is 2.57. The lowest BCUT2D eigenvalue weighted by Gasteiger charge is -2.00. The van der Waals surface area contributed by atoms with Gasteiger partial charge in [-0.15, -0.1) is 0 Å². The number of aliphatic hydroxyl groups excluding tert-OH is 1. The molecule has 0 aliphatic heterocycles. The number of benzene rings is 1. The highest BCUT2D eigenvalue weighted by atomic mass is 79.9. The van der Waals surface area contributed by atoms with E-state index in [1.54, 1.807) is 0 Å². The molecule has 0 amide bonds. The number of hydrogen-bond donors (Lipinski definition) is 1. The van der Waals surface area contributed by atoms with Crippen LogP contribution in [-0.2, 0) is 6.61 Å². The molecule has 0 unspecified atom stereocenters. The SMILES string of the molecule is OCc1ccc(Br)c(F)c1F. The molecule has 0 fully saturated rings. The third-order valence-corrected chi connectivity index (χ3v) is 1.90. The Hall–Kier alpha value is -0.480. The summed E-state index contributed by atoms with van der Waals surface area (Å²) < 4.78 is 25.4. The minimum Gasteiger partial charge on any atom is -0.392 e. The Morgan fingerprint density at radius 3 is 2.45 bits per heavy atom. The van der Waals surface area contributed by atoms with Crippen LogP contribution in [0.4, 0.5) is 8.78 Å². The fourth-order valence-corrected chi connectivity index (χ4v) is 0.994. The first-order valence-corrected chi connectivity index (χ1v) is 3.69. The second kappa shape index (κ2) is 3.28. The van der Waals surface area contributed by atoms with Gasteiger partial charge in [0, 0.05) is 5.56 Å². The lowest BCUT2D eigenvalue weighted by atomic mass is 10.2. The number of hydrogen-bond acceptors (Lipinski definition) is 1. The summed E-state index contributed by atoms with van der Waals surface area (Å²) in [7, 11) is 0. The van der Waals surface area contributed by atoms with Gasteiger partial charge in [0.1, 0.15) is 0 Å². The minimum atomic E-state index is -0.998. The van der Waals surface area contributed by atoms with Crippen LogP contribution in [0.15, 0.2) is 16.6 Å². The molecule has 0 spiro atoms. The van der Waals surface area contributed by atoms with Gasteiger partial charge in [0.05, 0.1) is 11.1 Å². The van der Waals surface area contributed by atoms with Gasteiger partial charge >= 0.3 is 0 Å². The van der Waals surface area contributed by atoms with Crippen molar-refractivity contribution in [2.45, 2.75) is 6.61 Å². The standard InChI is InChI=1S/C7H5BrF2O/c8-5-2-1-4(3-11)6(9)7(5)10/h1-2,11H,3H2. The van der Waals surface area contributed by atoms with Crippen molar-refractivity contribution in [1.82, 2.24) is 0 Å². The molecule has 0 aliphatic carbocycles. The second-order valence-electron chi connectivity index (χ2n) is 1.99. The fourth-order valence-electron chi connectivity index (χ4n) is 0.688. The molecular formula is C7H5BrF2O.